The summed E-state index contributed by atoms with van der Waals surface area (Å²) in [6, 6.07) is 14.7. The summed E-state index contributed by atoms with van der Waals surface area (Å²) in [4.78, 5) is 17.7. The Morgan fingerprint density at radius 1 is 1.18 bits per heavy atom. The van der Waals surface area contributed by atoms with Crippen molar-refractivity contribution in [1.82, 2.24) is 10.3 Å². The van der Waals surface area contributed by atoms with Gasteiger partial charge in [-0.2, -0.15) is 0 Å². The fraction of sp³-hybridized carbons (Fsp3) is 0.238. The van der Waals surface area contributed by atoms with Gasteiger partial charge in [0, 0.05) is 27.7 Å². The number of amides is 2. The van der Waals surface area contributed by atoms with Crippen molar-refractivity contribution in [3.8, 4) is 5.75 Å². The fourth-order valence-corrected chi connectivity index (χ4v) is 4.40. The number of carbonyl (C=O) groups excluding carboxylic acids is 1. The van der Waals surface area contributed by atoms with E-state index in [-0.39, 0.29) is 17.8 Å². The number of hydrogen-bond acceptors (Lipinski definition) is 5. The molecule has 0 fully saturated rings. The van der Waals surface area contributed by atoms with Crippen molar-refractivity contribution in [2.45, 2.75) is 42.0 Å². The number of nitrogens with zero attached hydrogens (tertiary/aromatic N) is 1. The zero-order chi connectivity index (χ0) is 19.9. The molecule has 1 aromatic heterocycles. The number of thiazole rings is 1. The first-order valence-electron chi connectivity index (χ1n) is 9.03. The first-order valence-corrected chi connectivity index (χ1v) is 10.7. The molecule has 0 saturated heterocycles. The molecule has 1 atom stereocenters. The predicted molar refractivity (Wildman–Crippen MR) is 115 cm³/mol. The van der Waals surface area contributed by atoms with E-state index >= 15 is 0 Å². The zero-order valence-electron chi connectivity index (χ0n) is 15.8. The highest BCUT2D eigenvalue weighted by Gasteiger charge is 2.08. The van der Waals surface area contributed by atoms with Crippen molar-refractivity contribution < 1.29 is 9.90 Å². The zero-order valence-corrected chi connectivity index (χ0v) is 17.4. The maximum absolute atomic E-state index is 12.2. The van der Waals surface area contributed by atoms with Crippen molar-refractivity contribution >= 4 is 34.8 Å². The van der Waals surface area contributed by atoms with E-state index in [2.05, 4.69) is 15.6 Å². The van der Waals surface area contributed by atoms with E-state index in [4.69, 9.17) is 0 Å². The van der Waals surface area contributed by atoms with Crippen LogP contribution in [-0.2, 0) is 6.42 Å². The van der Waals surface area contributed by atoms with Crippen LogP contribution in [0.2, 0.25) is 0 Å². The third-order valence-electron chi connectivity index (χ3n) is 4.10. The van der Waals surface area contributed by atoms with Gasteiger partial charge in [-0.1, -0.05) is 23.9 Å². The number of aryl methyl sites for hydroxylation is 2. The molecule has 0 spiro atoms. The lowest BCUT2D eigenvalue weighted by molar-refractivity contribution is 0.248. The average molecular weight is 414 g/mol. The number of benzene rings is 2. The number of rotatable bonds is 7. The van der Waals surface area contributed by atoms with E-state index in [9.17, 15) is 9.90 Å². The van der Waals surface area contributed by atoms with Gasteiger partial charge < -0.3 is 15.7 Å². The Kier molecular flexibility index (Phi) is 6.95. The molecule has 7 heteroatoms. The monoisotopic (exact) mass is 413 g/mol. The molecule has 1 unspecified atom stereocenters. The third kappa shape index (κ3) is 6.28. The maximum atomic E-state index is 12.2. The lowest BCUT2D eigenvalue weighted by atomic mass is 10.1. The minimum Gasteiger partial charge on any atom is -0.508 e. The van der Waals surface area contributed by atoms with Gasteiger partial charge in [-0.15, -0.1) is 11.3 Å². The first kappa shape index (κ1) is 20.2. The Hall–Kier alpha value is -2.51. The van der Waals surface area contributed by atoms with Crippen LogP contribution in [-0.4, -0.2) is 22.2 Å². The molecule has 2 amide bonds. The van der Waals surface area contributed by atoms with E-state index in [0.29, 0.717) is 0 Å². The van der Waals surface area contributed by atoms with E-state index < -0.39 is 0 Å². The average Bonchev–Trinajstić information content (AvgIpc) is 3.07. The van der Waals surface area contributed by atoms with Crippen LogP contribution in [0, 0.1) is 6.92 Å². The van der Waals surface area contributed by atoms with Crippen molar-refractivity contribution in [2.24, 2.45) is 0 Å². The van der Waals surface area contributed by atoms with Gasteiger partial charge in [-0.3, -0.25) is 0 Å². The molecular weight excluding hydrogens is 390 g/mol. The fourth-order valence-electron chi connectivity index (χ4n) is 2.60. The summed E-state index contributed by atoms with van der Waals surface area (Å²) in [5.41, 5.74) is 2.92. The summed E-state index contributed by atoms with van der Waals surface area (Å²) in [7, 11) is 0. The standard InChI is InChI=1S/C21H23N3O2S2/c1-14(3-4-16-5-9-18(25)10-6-16)22-20(26)24-17-7-11-19(12-8-17)28-21-23-15(2)13-27-21/h5-14,25H,3-4H2,1-2H3,(H2,22,24,26). The number of hydrogen-bond donors (Lipinski definition) is 3. The molecule has 0 aliphatic rings. The van der Waals surface area contributed by atoms with Crippen LogP contribution in [0.1, 0.15) is 24.6 Å². The number of carbonyl (C=O) groups is 1. The molecule has 2 aromatic carbocycles. The molecule has 3 rings (SSSR count). The van der Waals surface area contributed by atoms with Gasteiger partial charge in [-0.25, -0.2) is 9.78 Å². The van der Waals surface area contributed by atoms with Crippen LogP contribution < -0.4 is 10.6 Å². The summed E-state index contributed by atoms with van der Waals surface area (Å²) in [5, 5.41) is 17.2. The Balaban J connectivity index is 1.44. The SMILES string of the molecule is Cc1csc(Sc2ccc(NC(=O)NC(C)CCc3ccc(O)cc3)cc2)n1. The van der Waals surface area contributed by atoms with Gasteiger partial charge in [0.05, 0.1) is 0 Å². The summed E-state index contributed by atoms with van der Waals surface area (Å²) >= 11 is 3.24. The minimum absolute atomic E-state index is 0.0387. The second-order valence-electron chi connectivity index (χ2n) is 6.59. The van der Waals surface area contributed by atoms with Crippen LogP contribution >= 0.6 is 23.1 Å². The normalized spacial score (nSPS) is 11.8. The second kappa shape index (κ2) is 9.61. The van der Waals surface area contributed by atoms with Crippen LogP contribution in [0.5, 0.6) is 5.75 Å². The molecule has 0 aliphatic carbocycles. The number of phenols is 1. The number of aromatic nitrogens is 1. The van der Waals surface area contributed by atoms with Gasteiger partial charge in [0.2, 0.25) is 0 Å². The molecule has 0 saturated carbocycles. The Bertz CT molecular complexity index is 908. The highest BCUT2D eigenvalue weighted by atomic mass is 32.2. The quantitative estimate of drug-likeness (QED) is 0.481. The Labute approximate surface area is 173 Å². The molecule has 0 radical (unpaired) electrons. The molecule has 3 N–H and O–H groups in total. The molecule has 0 aliphatic heterocycles. The Morgan fingerprint density at radius 2 is 1.89 bits per heavy atom. The Morgan fingerprint density at radius 3 is 2.54 bits per heavy atom. The first-order chi connectivity index (χ1) is 13.5. The summed E-state index contributed by atoms with van der Waals surface area (Å²) < 4.78 is 1.01. The van der Waals surface area contributed by atoms with Gasteiger partial charge >= 0.3 is 6.03 Å². The van der Waals surface area contributed by atoms with E-state index in [1.807, 2.05) is 55.6 Å². The van der Waals surface area contributed by atoms with Gasteiger partial charge in [0.25, 0.3) is 0 Å². The molecule has 146 valence electrons. The number of aromatic hydroxyl groups is 1. The minimum atomic E-state index is -0.214. The second-order valence-corrected chi connectivity index (χ2v) is 8.76. The van der Waals surface area contributed by atoms with Crippen LogP contribution in [0.25, 0.3) is 0 Å². The van der Waals surface area contributed by atoms with Crippen molar-refractivity contribution in [1.29, 1.82) is 0 Å². The number of anilines is 1. The van der Waals surface area contributed by atoms with Crippen molar-refractivity contribution in [2.75, 3.05) is 5.32 Å². The topological polar surface area (TPSA) is 74.2 Å². The molecule has 28 heavy (non-hydrogen) atoms. The van der Waals surface area contributed by atoms with Crippen LogP contribution in [0.3, 0.4) is 0 Å². The lowest BCUT2D eigenvalue weighted by Gasteiger charge is -2.15. The van der Waals surface area contributed by atoms with E-state index in [1.165, 1.54) is 0 Å². The smallest absolute Gasteiger partial charge is 0.319 e. The maximum Gasteiger partial charge on any atom is 0.319 e. The third-order valence-corrected chi connectivity index (χ3v) is 6.16. The lowest BCUT2D eigenvalue weighted by Crippen LogP contribution is -2.36. The molecule has 0 bridgehead atoms. The van der Waals surface area contributed by atoms with Crippen molar-refractivity contribution in [3.05, 3.63) is 65.2 Å². The highest BCUT2D eigenvalue weighted by Crippen LogP contribution is 2.30. The number of nitrogens with one attached hydrogen (secondary N) is 2. The van der Waals surface area contributed by atoms with E-state index in [1.54, 1.807) is 35.2 Å². The van der Waals surface area contributed by atoms with E-state index in [0.717, 1.165) is 39.0 Å². The molecular formula is C21H23N3O2S2. The molecule has 1 heterocycles. The summed E-state index contributed by atoms with van der Waals surface area (Å²) in [5.74, 6) is 0.264. The number of phenolic OH excluding ortho intramolecular Hbond substituents is 1. The molecule has 5 nitrogen and oxygen atoms in total. The molecule has 3 aromatic rings. The van der Waals surface area contributed by atoms with Gasteiger partial charge in [0.1, 0.15) is 5.75 Å². The largest absolute Gasteiger partial charge is 0.508 e. The van der Waals surface area contributed by atoms with Crippen LogP contribution in [0.15, 0.2) is 63.1 Å². The van der Waals surface area contributed by atoms with Gasteiger partial charge in [-0.05, 0) is 68.7 Å². The predicted octanol–water partition coefficient (Wildman–Crippen LogP) is 5.45. The van der Waals surface area contributed by atoms with Gasteiger partial charge in [0.15, 0.2) is 4.34 Å². The number of urea groups is 1. The summed E-state index contributed by atoms with van der Waals surface area (Å²) in [6.45, 7) is 3.97. The highest BCUT2D eigenvalue weighted by molar-refractivity contribution is 8.01. The van der Waals surface area contributed by atoms with Crippen LogP contribution in [0.4, 0.5) is 10.5 Å². The van der Waals surface area contributed by atoms with Crippen molar-refractivity contribution in [3.63, 3.8) is 0 Å². The summed E-state index contributed by atoms with van der Waals surface area (Å²) in [6.07, 6.45) is 1.66.